The summed E-state index contributed by atoms with van der Waals surface area (Å²) in [4.78, 5) is 35.5. The zero-order valence-corrected chi connectivity index (χ0v) is 13.2. The Morgan fingerprint density at radius 2 is 1.67 bits per heavy atom. The second-order valence-corrected chi connectivity index (χ2v) is 5.14. The second-order valence-electron chi connectivity index (χ2n) is 5.14. The molecule has 0 atom stereocenters. The molecule has 3 N–H and O–H groups in total. The highest BCUT2D eigenvalue weighted by atomic mass is 16.4. The topological polar surface area (TPSA) is 95.5 Å². The van der Waals surface area contributed by atoms with E-state index in [9.17, 15) is 14.4 Å². The number of aromatic carboxylic acids is 1. The van der Waals surface area contributed by atoms with Gasteiger partial charge in [-0.05, 0) is 36.8 Å². The van der Waals surface area contributed by atoms with Crippen molar-refractivity contribution in [1.82, 2.24) is 5.32 Å². The van der Waals surface area contributed by atoms with Crippen LogP contribution in [0.15, 0.2) is 48.5 Å². The fourth-order valence-electron chi connectivity index (χ4n) is 2.14. The molecular weight excluding hydrogens is 308 g/mol. The average molecular weight is 326 g/mol. The number of amides is 2. The summed E-state index contributed by atoms with van der Waals surface area (Å²) in [7, 11) is 0. The Morgan fingerprint density at radius 3 is 2.33 bits per heavy atom. The van der Waals surface area contributed by atoms with Crippen LogP contribution < -0.4 is 10.6 Å². The van der Waals surface area contributed by atoms with Crippen LogP contribution in [0.3, 0.4) is 0 Å². The van der Waals surface area contributed by atoms with E-state index in [2.05, 4.69) is 10.6 Å². The maximum absolute atomic E-state index is 12.3. The molecule has 0 fully saturated rings. The number of hydrogen-bond donors (Lipinski definition) is 3. The minimum Gasteiger partial charge on any atom is -0.478 e. The molecule has 2 aromatic carbocycles. The van der Waals surface area contributed by atoms with E-state index in [0.29, 0.717) is 17.8 Å². The lowest BCUT2D eigenvalue weighted by atomic mass is 10.1. The number of carbonyl (C=O) groups is 3. The molecule has 2 aromatic rings. The number of carboxylic acids is 1. The summed E-state index contributed by atoms with van der Waals surface area (Å²) in [6.45, 7) is 2.53. The van der Waals surface area contributed by atoms with Gasteiger partial charge in [0, 0.05) is 17.8 Å². The zero-order chi connectivity index (χ0) is 17.5. The van der Waals surface area contributed by atoms with E-state index >= 15 is 0 Å². The number of carbonyl (C=O) groups excluding carboxylic acids is 2. The number of benzene rings is 2. The molecule has 2 rings (SSSR count). The Hall–Kier alpha value is -3.15. The fraction of sp³-hybridized carbons (Fsp3) is 0.167. The molecule has 6 nitrogen and oxygen atoms in total. The van der Waals surface area contributed by atoms with Gasteiger partial charge < -0.3 is 15.7 Å². The van der Waals surface area contributed by atoms with Crippen molar-refractivity contribution in [2.75, 3.05) is 11.9 Å². The van der Waals surface area contributed by atoms with Gasteiger partial charge in [-0.2, -0.15) is 0 Å². The molecule has 2 amide bonds. The summed E-state index contributed by atoms with van der Waals surface area (Å²) in [5, 5.41) is 14.5. The first kappa shape index (κ1) is 17.2. The summed E-state index contributed by atoms with van der Waals surface area (Å²) >= 11 is 0. The third-order valence-electron chi connectivity index (χ3n) is 3.32. The summed E-state index contributed by atoms with van der Waals surface area (Å²) in [5.74, 6) is -1.94. The molecule has 0 aliphatic rings. The number of nitrogens with one attached hydrogen (secondary N) is 2. The molecule has 124 valence electrons. The minimum atomic E-state index is -1.17. The highest BCUT2D eigenvalue weighted by Crippen LogP contribution is 2.15. The van der Waals surface area contributed by atoms with Crippen molar-refractivity contribution in [3.63, 3.8) is 0 Å². The van der Waals surface area contributed by atoms with Gasteiger partial charge in [0.05, 0.1) is 11.1 Å². The van der Waals surface area contributed by atoms with Crippen molar-refractivity contribution in [1.29, 1.82) is 0 Å². The Balaban J connectivity index is 2.18. The van der Waals surface area contributed by atoms with Crippen LogP contribution in [0.25, 0.3) is 0 Å². The van der Waals surface area contributed by atoms with Gasteiger partial charge in [-0.3, -0.25) is 9.59 Å². The van der Waals surface area contributed by atoms with Gasteiger partial charge in [-0.15, -0.1) is 0 Å². The van der Waals surface area contributed by atoms with Crippen LogP contribution in [-0.2, 0) is 0 Å². The van der Waals surface area contributed by atoms with Crippen molar-refractivity contribution in [3.8, 4) is 0 Å². The summed E-state index contributed by atoms with van der Waals surface area (Å²) < 4.78 is 0. The monoisotopic (exact) mass is 326 g/mol. The molecule has 24 heavy (non-hydrogen) atoms. The lowest BCUT2D eigenvalue weighted by Crippen LogP contribution is -2.24. The number of hydrogen-bond acceptors (Lipinski definition) is 3. The molecule has 0 aliphatic heterocycles. The third-order valence-corrected chi connectivity index (χ3v) is 3.32. The van der Waals surface area contributed by atoms with Crippen molar-refractivity contribution >= 4 is 23.5 Å². The van der Waals surface area contributed by atoms with Gasteiger partial charge in [-0.25, -0.2) is 4.79 Å². The van der Waals surface area contributed by atoms with Crippen LogP contribution in [0.1, 0.15) is 44.4 Å². The average Bonchev–Trinajstić information content (AvgIpc) is 2.59. The highest BCUT2D eigenvalue weighted by Gasteiger charge is 2.16. The Morgan fingerprint density at radius 1 is 0.958 bits per heavy atom. The lowest BCUT2D eigenvalue weighted by molar-refractivity contribution is 0.0692. The number of anilines is 1. The molecule has 0 bridgehead atoms. The maximum Gasteiger partial charge on any atom is 0.336 e. The molecule has 0 aromatic heterocycles. The molecule has 0 saturated carbocycles. The Labute approximate surface area is 139 Å². The molecule has 0 spiro atoms. The van der Waals surface area contributed by atoms with Crippen LogP contribution in [0.4, 0.5) is 5.69 Å². The first-order valence-electron chi connectivity index (χ1n) is 7.55. The Bertz CT molecular complexity index is 771. The molecule has 6 heteroatoms. The molecule has 0 radical (unpaired) electrons. The number of carboxylic acid groups (broad SMARTS) is 1. The SMILES string of the molecule is CCCNC(=O)c1cccc(NC(=O)c2ccccc2C(=O)O)c1. The van der Waals surface area contributed by atoms with Crippen molar-refractivity contribution in [2.24, 2.45) is 0 Å². The van der Waals surface area contributed by atoms with E-state index in [0.717, 1.165) is 6.42 Å². The summed E-state index contributed by atoms with van der Waals surface area (Å²) in [5.41, 5.74) is 0.829. The van der Waals surface area contributed by atoms with Gasteiger partial charge in [0.1, 0.15) is 0 Å². The van der Waals surface area contributed by atoms with Crippen LogP contribution >= 0.6 is 0 Å². The van der Waals surface area contributed by atoms with Gasteiger partial charge >= 0.3 is 5.97 Å². The highest BCUT2D eigenvalue weighted by molar-refractivity contribution is 6.11. The summed E-state index contributed by atoms with van der Waals surface area (Å²) in [6, 6.07) is 12.4. The smallest absolute Gasteiger partial charge is 0.336 e. The van der Waals surface area contributed by atoms with Gasteiger partial charge in [0.25, 0.3) is 11.8 Å². The number of rotatable bonds is 6. The molecule has 0 aliphatic carbocycles. The first-order chi connectivity index (χ1) is 11.5. The molecule has 0 unspecified atom stereocenters. The van der Waals surface area contributed by atoms with E-state index < -0.39 is 11.9 Å². The quantitative estimate of drug-likeness (QED) is 0.760. The van der Waals surface area contributed by atoms with E-state index in [4.69, 9.17) is 5.11 Å². The molecule has 0 heterocycles. The van der Waals surface area contributed by atoms with Crippen molar-refractivity contribution < 1.29 is 19.5 Å². The lowest BCUT2D eigenvalue weighted by Gasteiger charge is -2.09. The standard InChI is InChI=1S/C18H18N2O4/c1-2-10-19-16(21)12-6-5-7-13(11-12)20-17(22)14-8-3-4-9-15(14)18(23)24/h3-9,11H,2,10H2,1H3,(H,19,21)(H,20,22)(H,23,24). The van der Waals surface area contributed by atoms with E-state index in [-0.39, 0.29) is 17.0 Å². The van der Waals surface area contributed by atoms with E-state index in [1.54, 1.807) is 36.4 Å². The maximum atomic E-state index is 12.3. The van der Waals surface area contributed by atoms with Crippen molar-refractivity contribution in [2.45, 2.75) is 13.3 Å². The predicted octanol–water partition coefficient (Wildman–Crippen LogP) is 2.78. The second kappa shape index (κ2) is 7.92. The Kier molecular flexibility index (Phi) is 5.68. The minimum absolute atomic E-state index is 0.0610. The summed E-state index contributed by atoms with van der Waals surface area (Å²) in [6.07, 6.45) is 0.828. The van der Waals surface area contributed by atoms with Gasteiger partial charge in [-0.1, -0.05) is 25.1 Å². The largest absolute Gasteiger partial charge is 0.478 e. The third kappa shape index (κ3) is 4.19. The fourth-order valence-corrected chi connectivity index (χ4v) is 2.14. The van der Waals surface area contributed by atoms with E-state index in [1.807, 2.05) is 6.92 Å². The van der Waals surface area contributed by atoms with Crippen LogP contribution in [-0.4, -0.2) is 29.4 Å². The van der Waals surface area contributed by atoms with Crippen LogP contribution in [0.2, 0.25) is 0 Å². The normalized spacial score (nSPS) is 10.0. The van der Waals surface area contributed by atoms with Crippen LogP contribution in [0.5, 0.6) is 0 Å². The van der Waals surface area contributed by atoms with Crippen molar-refractivity contribution in [3.05, 3.63) is 65.2 Å². The molecular formula is C18H18N2O4. The predicted molar refractivity (Wildman–Crippen MR) is 90.4 cm³/mol. The van der Waals surface area contributed by atoms with Gasteiger partial charge in [0.15, 0.2) is 0 Å². The van der Waals surface area contributed by atoms with Crippen LogP contribution in [0, 0.1) is 0 Å². The first-order valence-corrected chi connectivity index (χ1v) is 7.55. The zero-order valence-electron chi connectivity index (χ0n) is 13.2. The molecule has 0 saturated heterocycles. The van der Waals surface area contributed by atoms with Gasteiger partial charge in [0.2, 0.25) is 0 Å². The van der Waals surface area contributed by atoms with E-state index in [1.165, 1.54) is 12.1 Å².